The topological polar surface area (TPSA) is 28.7 Å². The number of aryl methyl sites for hydroxylation is 1. The molecule has 0 saturated heterocycles. The molecule has 1 heterocycles. The number of H-pyrrole nitrogens is 1. The molecule has 1 N–H and O–H groups in total. The Balaban J connectivity index is 2.82. The SMILES string of the molecule is Cc1[nH]nc2cccc(C(F)(F)F)c12. The Bertz CT molecular complexity index is 470. The van der Waals surface area contributed by atoms with Gasteiger partial charge in [-0.15, -0.1) is 0 Å². The molecule has 5 heteroatoms. The van der Waals surface area contributed by atoms with Gasteiger partial charge in [0.25, 0.3) is 0 Å². The number of aromatic nitrogens is 2. The fraction of sp³-hybridized carbons (Fsp3) is 0.222. The van der Waals surface area contributed by atoms with Gasteiger partial charge in [-0.05, 0) is 19.1 Å². The number of hydrogen-bond acceptors (Lipinski definition) is 1. The van der Waals surface area contributed by atoms with Gasteiger partial charge < -0.3 is 0 Å². The van der Waals surface area contributed by atoms with Crippen LogP contribution in [0.4, 0.5) is 13.2 Å². The number of aromatic amines is 1. The number of rotatable bonds is 0. The maximum absolute atomic E-state index is 12.5. The maximum atomic E-state index is 12.5. The van der Waals surface area contributed by atoms with Gasteiger partial charge in [-0.3, -0.25) is 5.10 Å². The van der Waals surface area contributed by atoms with Crippen LogP contribution < -0.4 is 0 Å². The molecule has 0 fully saturated rings. The lowest BCUT2D eigenvalue weighted by Gasteiger charge is -2.07. The monoisotopic (exact) mass is 200 g/mol. The highest BCUT2D eigenvalue weighted by atomic mass is 19.4. The maximum Gasteiger partial charge on any atom is 0.417 e. The molecule has 0 atom stereocenters. The van der Waals surface area contributed by atoms with Crippen LogP contribution in [0, 0.1) is 6.92 Å². The van der Waals surface area contributed by atoms with E-state index in [2.05, 4.69) is 10.2 Å². The summed E-state index contributed by atoms with van der Waals surface area (Å²) in [5.74, 6) is 0. The Labute approximate surface area is 77.7 Å². The van der Waals surface area contributed by atoms with Crippen molar-refractivity contribution in [1.29, 1.82) is 0 Å². The number of halogens is 3. The van der Waals surface area contributed by atoms with Crippen LogP contribution in [0.1, 0.15) is 11.3 Å². The van der Waals surface area contributed by atoms with Gasteiger partial charge in [-0.25, -0.2) is 0 Å². The standard InChI is InChI=1S/C9H7F3N2/c1-5-8-6(9(10,11)12)3-2-4-7(8)14-13-5/h2-4H,1H3,(H,13,14). The van der Waals surface area contributed by atoms with E-state index in [4.69, 9.17) is 0 Å². The van der Waals surface area contributed by atoms with Gasteiger partial charge in [0.15, 0.2) is 0 Å². The van der Waals surface area contributed by atoms with Gasteiger partial charge in [-0.2, -0.15) is 18.3 Å². The molecule has 74 valence electrons. The molecule has 0 aliphatic heterocycles. The van der Waals surface area contributed by atoms with Crippen LogP contribution in [0.15, 0.2) is 18.2 Å². The summed E-state index contributed by atoms with van der Waals surface area (Å²) in [5, 5.41) is 6.46. The van der Waals surface area contributed by atoms with Crippen molar-refractivity contribution in [3.05, 3.63) is 29.5 Å². The molecule has 2 aromatic rings. The van der Waals surface area contributed by atoms with Crippen molar-refractivity contribution < 1.29 is 13.2 Å². The first-order valence-electron chi connectivity index (χ1n) is 4.01. The first kappa shape index (κ1) is 9.05. The summed E-state index contributed by atoms with van der Waals surface area (Å²) >= 11 is 0. The number of nitrogens with one attached hydrogen (secondary N) is 1. The van der Waals surface area contributed by atoms with E-state index < -0.39 is 11.7 Å². The van der Waals surface area contributed by atoms with E-state index in [0.29, 0.717) is 11.2 Å². The van der Waals surface area contributed by atoms with Gasteiger partial charge in [-0.1, -0.05) is 6.07 Å². The minimum Gasteiger partial charge on any atom is -0.282 e. The summed E-state index contributed by atoms with van der Waals surface area (Å²) in [7, 11) is 0. The molecule has 0 amide bonds. The van der Waals surface area contributed by atoms with Crippen LogP contribution in [0.25, 0.3) is 10.9 Å². The second kappa shape index (κ2) is 2.73. The normalized spacial score (nSPS) is 12.3. The van der Waals surface area contributed by atoms with Crippen LogP contribution in [0.3, 0.4) is 0 Å². The van der Waals surface area contributed by atoms with Gasteiger partial charge in [0, 0.05) is 11.1 Å². The predicted octanol–water partition coefficient (Wildman–Crippen LogP) is 2.89. The third-order valence-electron chi connectivity index (χ3n) is 2.07. The highest BCUT2D eigenvalue weighted by Crippen LogP contribution is 2.35. The predicted molar refractivity (Wildman–Crippen MR) is 45.8 cm³/mol. The van der Waals surface area contributed by atoms with Crippen molar-refractivity contribution in [2.75, 3.05) is 0 Å². The Hall–Kier alpha value is -1.52. The molecule has 2 nitrogen and oxygen atoms in total. The Morgan fingerprint density at radius 1 is 1.29 bits per heavy atom. The van der Waals surface area contributed by atoms with E-state index in [1.54, 1.807) is 13.0 Å². The number of hydrogen-bond donors (Lipinski definition) is 1. The average molecular weight is 200 g/mol. The molecule has 2 rings (SSSR count). The lowest BCUT2D eigenvalue weighted by molar-refractivity contribution is -0.136. The van der Waals surface area contributed by atoms with E-state index in [1.807, 2.05) is 0 Å². The third-order valence-corrected chi connectivity index (χ3v) is 2.07. The number of fused-ring (bicyclic) bond motifs is 1. The van der Waals surface area contributed by atoms with E-state index in [1.165, 1.54) is 6.07 Å². The van der Waals surface area contributed by atoms with Crippen molar-refractivity contribution in [3.8, 4) is 0 Å². The van der Waals surface area contributed by atoms with Crippen LogP contribution in [0.2, 0.25) is 0 Å². The fourth-order valence-electron chi connectivity index (χ4n) is 1.46. The van der Waals surface area contributed by atoms with Crippen molar-refractivity contribution in [2.24, 2.45) is 0 Å². The summed E-state index contributed by atoms with van der Waals surface area (Å²) in [6.45, 7) is 1.57. The van der Waals surface area contributed by atoms with Crippen molar-refractivity contribution >= 4 is 10.9 Å². The van der Waals surface area contributed by atoms with Crippen molar-refractivity contribution in [2.45, 2.75) is 13.1 Å². The minimum atomic E-state index is -4.33. The highest BCUT2D eigenvalue weighted by Gasteiger charge is 2.33. The van der Waals surface area contributed by atoms with E-state index in [0.717, 1.165) is 6.07 Å². The highest BCUT2D eigenvalue weighted by molar-refractivity contribution is 5.85. The zero-order valence-electron chi connectivity index (χ0n) is 7.31. The zero-order chi connectivity index (χ0) is 10.3. The van der Waals surface area contributed by atoms with Gasteiger partial charge in [0.05, 0.1) is 11.1 Å². The van der Waals surface area contributed by atoms with Crippen LogP contribution >= 0.6 is 0 Å². The number of nitrogens with zero attached hydrogens (tertiary/aromatic N) is 1. The van der Waals surface area contributed by atoms with Crippen molar-refractivity contribution in [1.82, 2.24) is 10.2 Å². The molecule has 0 radical (unpaired) electrons. The molecule has 0 unspecified atom stereocenters. The first-order valence-corrected chi connectivity index (χ1v) is 4.01. The second-order valence-electron chi connectivity index (χ2n) is 3.05. The molecule has 1 aromatic heterocycles. The molecular formula is C9H7F3N2. The van der Waals surface area contributed by atoms with Crippen molar-refractivity contribution in [3.63, 3.8) is 0 Å². The summed E-state index contributed by atoms with van der Waals surface area (Å²) in [4.78, 5) is 0. The van der Waals surface area contributed by atoms with Gasteiger partial charge >= 0.3 is 6.18 Å². The zero-order valence-corrected chi connectivity index (χ0v) is 7.31. The van der Waals surface area contributed by atoms with Gasteiger partial charge in [0.1, 0.15) is 0 Å². The molecule has 0 aliphatic carbocycles. The Morgan fingerprint density at radius 2 is 2.00 bits per heavy atom. The average Bonchev–Trinajstić information content (AvgIpc) is 2.46. The molecule has 0 bridgehead atoms. The minimum absolute atomic E-state index is 0.153. The summed E-state index contributed by atoms with van der Waals surface area (Å²) in [6, 6.07) is 3.96. The van der Waals surface area contributed by atoms with Crippen LogP contribution in [-0.4, -0.2) is 10.2 Å². The lowest BCUT2D eigenvalue weighted by atomic mass is 10.1. The molecular weight excluding hydrogens is 193 g/mol. The van der Waals surface area contributed by atoms with Crippen LogP contribution in [0.5, 0.6) is 0 Å². The van der Waals surface area contributed by atoms with Gasteiger partial charge in [0.2, 0.25) is 0 Å². The lowest BCUT2D eigenvalue weighted by Crippen LogP contribution is -2.05. The third kappa shape index (κ3) is 1.25. The molecule has 1 aromatic carbocycles. The quantitative estimate of drug-likeness (QED) is 0.695. The Kier molecular flexibility index (Phi) is 1.77. The second-order valence-corrected chi connectivity index (χ2v) is 3.05. The van der Waals surface area contributed by atoms with E-state index in [9.17, 15) is 13.2 Å². The molecule has 14 heavy (non-hydrogen) atoms. The summed E-state index contributed by atoms with van der Waals surface area (Å²) in [6.07, 6.45) is -4.33. The number of alkyl halides is 3. The fourth-order valence-corrected chi connectivity index (χ4v) is 1.46. The van der Waals surface area contributed by atoms with E-state index >= 15 is 0 Å². The molecule has 0 spiro atoms. The van der Waals surface area contributed by atoms with E-state index in [-0.39, 0.29) is 5.39 Å². The summed E-state index contributed by atoms with van der Waals surface area (Å²) in [5.41, 5.74) is 0.145. The first-order chi connectivity index (χ1) is 6.50. The smallest absolute Gasteiger partial charge is 0.282 e. The molecule has 0 saturated carbocycles. The molecule has 0 aliphatic rings. The summed E-state index contributed by atoms with van der Waals surface area (Å²) < 4.78 is 37.6. The Morgan fingerprint density at radius 3 is 2.64 bits per heavy atom. The largest absolute Gasteiger partial charge is 0.417 e. The number of benzene rings is 1. The van der Waals surface area contributed by atoms with Crippen LogP contribution in [-0.2, 0) is 6.18 Å².